The minimum atomic E-state index is -0.0804. The lowest BCUT2D eigenvalue weighted by Gasteiger charge is -2.06. The van der Waals surface area contributed by atoms with Crippen molar-refractivity contribution < 1.29 is 9.26 Å². The molecule has 2 N–H and O–H groups in total. The lowest BCUT2D eigenvalue weighted by molar-refractivity contribution is 0.187. The van der Waals surface area contributed by atoms with Crippen LogP contribution in [0.3, 0.4) is 0 Å². The van der Waals surface area contributed by atoms with Gasteiger partial charge in [0, 0.05) is 12.2 Å². The van der Waals surface area contributed by atoms with Crippen molar-refractivity contribution in [3.8, 4) is 11.5 Å². The van der Waals surface area contributed by atoms with Gasteiger partial charge in [-0.05, 0) is 18.6 Å². The molecule has 3 heterocycles. The normalized spacial score (nSPS) is 23.4. The second kappa shape index (κ2) is 4.47. The van der Waals surface area contributed by atoms with E-state index in [0.717, 1.165) is 11.3 Å². The van der Waals surface area contributed by atoms with Gasteiger partial charge < -0.3 is 15.0 Å². The largest absolute Gasteiger partial charge is 0.379 e. The quantitative estimate of drug-likeness (QED) is 0.846. The van der Waals surface area contributed by atoms with Crippen molar-refractivity contribution in [1.82, 2.24) is 15.1 Å². The molecule has 94 valence electrons. The van der Waals surface area contributed by atoms with Crippen LogP contribution in [0.5, 0.6) is 0 Å². The number of aryl methyl sites for hydroxylation is 1. The lowest BCUT2D eigenvalue weighted by Crippen LogP contribution is -2.27. The molecule has 0 spiro atoms. The summed E-state index contributed by atoms with van der Waals surface area (Å²) in [5.41, 5.74) is 7.67. The van der Waals surface area contributed by atoms with Crippen LogP contribution in [0, 0.1) is 6.92 Å². The Kier molecular flexibility index (Phi) is 2.81. The molecule has 1 aliphatic heterocycles. The molecule has 0 saturated carbocycles. The molecule has 2 aromatic rings. The lowest BCUT2D eigenvalue weighted by atomic mass is 10.1. The molecule has 0 radical (unpaired) electrons. The monoisotopic (exact) mass is 246 g/mol. The predicted molar refractivity (Wildman–Crippen MR) is 63.8 cm³/mol. The number of ether oxygens (including phenoxy) is 1. The van der Waals surface area contributed by atoms with Crippen LogP contribution < -0.4 is 5.73 Å². The van der Waals surface area contributed by atoms with E-state index in [9.17, 15) is 0 Å². The highest BCUT2D eigenvalue weighted by Gasteiger charge is 2.31. The standard InChI is InChI=1S/C12H14N4O2/c1-7-3-2-4-14-10(7)11-15-12(18-16-11)8-5-17-6-9(8)13/h2-4,8-9H,5-6,13H2,1H3. The van der Waals surface area contributed by atoms with Gasteiger partial charge in [-0.25, -0.2) is 0 Å². The predicted octanol–water partition coefficient (Wildman–Crippen LogP) is 0.881. The fraction of sp³-hybridized carbons (Fsp3) is 0.417. The second-order valence-corrected chi connectivity index (χ2v) is 4.43. The zero-order chi connectivity index (χ0) is 12.5. The minimum Gasteiger partial charge on any atom is -0.379 e. The molecule has 2 unspecified atom stereocenters. The first kappa shape index (κ1) is 11.3. The maximum absolute atomic E-state index is 5.92. The van der Waals surface area contributed by atoms with Gasteiger partial charge in [0.15, 0.2) is 0 Å². The fourth-order valence-electron chi connectivity index (χ4n) is 2.03. The number of hydrogen-bond donors (Lipinski definition) is 1. The molecule has 0 amide bonds. The summed E-state index contributed by atoms with van der Waals surface area (Å²) in [6.07, 6.45) is 1.71. The SMILES string of the molecule is Cc1cccnc1-c1noc(C2COCC2N)n1. The van der Waals surface area contributed by atoms with Crippen LogP contribution >= 0.6 is 0 Å². The Labute approximate surface area is 104 Å². The van der Waals surface area contributed by atoms with Crippen molar-refractivity contribution in [2.24, 2.45) is 5.73 Å². The number of nitrogens with zero attached hydrogens (tertiary/aromatic N) is 3. The Bertz CT molecular complexity index is 555. The Balaban J connectivity index is 1.92. The van der Waals surface area contributed by atoms with Crippen LogP contribution in [0.15, 0.2) is 22.9 Å². The summed E-state index contributed by atoms with van der Waals surface area (Å²) < 4.78 is 10.6. The van der Waals surface area contributed by atoms with Gasteiger partial charge in [-0.3, -0.25) is 4.98 Å². The van der Waals surface area contributed by atoms with Crippen LogP contribution in [0.1, 0.15) is 17.4 Å². The maximum Gasteiger partial charge on any atom is 0.234 e. The first-order valence-electron chi connectivity index (χ1n) is 5.84. The summed E-state index contributed by atoms with van der Waals surface area (Å²) in [7, 11) is 0. The molecular weight excluding hydrogens is 232 g/mol. The van der Waals surface area contributed by atoms with Gasteiger partial charge in [0.1, 0.15) is 5.69 Å². The highest BCUT2D eigenvalue weighted by molar-refractivity contribution is 5.53. The molecule has 6 heteroatoms. The number of hydrogen-bond acceptors (Lipinski definition) is 6. The minimum absolute atomic E-state index is 0.0183. The van der Waals surface area contributed by atoms with E-state index in [4.69, 9.17) is 15.0 Å². The van der Waals surface area contributed by atoms with E-state index in [0.29, 0.717) is 24.9 Å². The first-order chi connectivity index (χ1) is 8.75. The van der Waals surface area contributed by atoms with E-state index < -0.39 is 0 Å². The van der Waals surface area contributed by atoms with Gasteiger partial charge in [0.25, 0.3) is 0 Å². The van der Waals surface area contributed by atoms with Crippen LogP contribution in [0.4, 0.5) is 0 Å². The molecule has 2 aromatic heterocycles. The summed E-state index contributed by atoms with van der Waals surface area (Å²) in [6, 6.07) is 3.76. The smallest absolute Gasteiger partial charge is 0.234 e. The Morgan fingerprint density at radius 2 is 2.28 bits per heavy atom. The van der Waals surface area contributed by atoms with E-state index in [1.807, 2.05) is 19.1 Å². The van der Waals surface area contributed by atoms with E-state index in [2.05, 4.69) is 15.1 Å². The topological polar surface area (TPSA) is 87.1 Å². The average Bonchev–Trinajstić information content (AvgIpc) is 2.98. The molecule has 6 nitrogen and oxygen atoms in total. The third kappa shape index (κ3) is 1.89. The van der Waals surface area contributed by atoms with Gasteiger partial charge in [-0.2, -0.15) is 4.98 Å². The number of rotatable bonds is 2. The van der Waals surface area contributed by atoms with Crippen LogP contribution in [-0.4, -0.2) is 34.4 Å². The Morgan fingerprint density at radius 1 is 1.39 bits per heavy atom. The van der Waals surface area contributed by atoms with Crippen molar-refractivity contribution in [2.75, 3.05) is 13.2 Å². The average molecular weight is 246 g/mol. The summed E-state index contributed by atoms with van der Waals surface area (Å²) in [5, 5.41) is 3.97. The molecule has 2 atom stereocenters. The first-order valence-corrected chi connectivity index (χ1v) is 5.84. The zero-order valence-corrected chi connectivity index (χ0v) is 10.0. The van der Waals surface area contributed by atoms with Crippen molar-refractivity contribution in [1.29, 1.82) is 0 Å². The molecule has 1 aliphatic rings. The van der Waals surface area contributed by atoms with Crippen molar-refractivity contribution in [3.63, 3.8) is 0 Å². The summed E-state index contributed by atoms with van der Waals surface area (Å²) in [5.74, 6) is 1.01. The van der Waals surface area contributed by atoms with Crippen molar-refractivity contribution >= 4 is 0 Å². The van der Waals surface area contributed by atoms with E-state index in [1.165, 1.54) is 0 Å². The van der Waals surface area contributed by atoms with Crippen molar-refractivity contribution in [2.45, 2.75) is 18.9 Å². The van der Waals surface area contributed by atoms with E-state index in [-0.39, 0.29) is 12.0 Å². The van der Waals surface area contributed by atoms with Crippen LogP contribution in [-0.2, 0) is 4.74 Å². The van der Waals surface area contributed by atoms with E-state index >= 15 is 0 Å². The second-order valence-electron chi connectivity index (χ2n) is 4.43. The van der Waals surface area contributed by atoms with Crippen LogP contribution in [0.25, 0.3) is 11.5 Å². The molecule has 0 aromatic carbocycles. The van der Waals surface area contributed by atoms with Gasteiger partial charge in [0.05, 0.1) is 19.1 Å². The number of nitrogens with two attached hydrogens (primary N) is 1. The summed E-state index contributed by atoms with van der Waals surface area (Å²) in [4.78, 5) is 8.63. The van der Waals surface area contributed by atoms with Gasteiger partial charge >= 0.3 is 0 Å². The molecule has 0 bridgehead atoms. The Hall–Kier alpha value is -1.79. The maximum atomic E-state index is 5.92. The van der Waals surface area contributed by atoms with Gasteiger partial charge in [-0.15, -0.1) is 0 Å². The third-order valence-electron chi connectivity index (χ3n) is 3.10. The molecular formula is C12H14N4O2. The summed E-state index contributed by atoms with van der Waals surface area (Å²) in [6.45, 7) is 3.03. The zero-order valence-electron chi connectivity index (χ0n) is 10.0. The van der Waals surface area contributed by atoms with Crippen molar-refractivity contribution in [3.05, 3.63) is 29.8 Å². The molecule has 3 rings (SSSR count). The van der Waals surface area contributed by atoms with Gasteiger partial charge in [-0.1, -0.05) is 11.2 Å². The van der Waals surface area contributed by atoms with Gasteiger partial charge in [0.2, 0.25) is 11.7 Å². The van der Waals surface area contributed by atoms with Crippen LogP contribution in [0.2, 0.25) is 0 Å². The number of aromatic nitrogens is 3. The summed E-state index contributed by atoms with van der Waals surface area (Å²) >= 11 is 0. The fourth-order valence-corrected chi connectivity index (χ4v) is 2.03. The molecule has 1 saturated heterocycles. The number of pyridine rings is 1. The molecule has 1 fully saturated rings. The molecule has 18 heavy (non-hydrogen) atoms. The Morgan fingerprint density at radius 3 is 3.00 bits per heavy atom. The van der Waals surface area contributed by atoms with E-state index in [1.54, 1.807) is 6.20 Å². The molecule has 0 aliphatic carbocycles. The highest BCUT2D eigenvalue weighted by Crippen LogP contribution is 2.25. The highest BCUT2D eigenvalue weighted by atomic mass is 16.5. The third-order valence-corrected chi connectivity index (χ3v) is 3.10.